The summed E-state index contributed by atoms with van der Waals surface area (Å²) in [6, 6.07) is 4.25. The minimum absolute atomic E-state index is 0.406. The summed E-state index contributed by atoms with van der Waals surface area (Å²) >= 11 is 0. The fourth-order valence-corrected chi connectivity index (χ4v) is 2.25. The van der Waals surface area contributed by atoms with Gasteiger partial charge in [-0.25, -0.2) is 0 Å². The molecule has 1 heterocycles. The third kappa shape index (κ3) is 7.18. The summed E-state index contributed by atoms with van der Waals surface area (Å²) in [5, 5.41) is 6.68. The summed E-state index contributed by atoms with van der Waals surface area (Å²) in [7, 11) is 1.79. The Morgan fingerprint density at radius 1 is 1.38 bits per heavy atom. The number of nitrogens with zero attached hydrogens (tertiary/aromatic N) is 2. The second kappa shape index (κ2) is 10.3. The van der Waals surface area contributed by atoms with Crippen LogP contribution in [0.25, 0.3) is 0 Å². The van der Waals surface area contributed by atoms with E-state index in [4.69, 9.17) is 4.42 Å². The monoisotopic (exact) mass is 294 g/mol. The first kappa shape index (κ1) is 17.6. The van der Waals surface area contributed by atoms with Crippen molar-refractivity contribution in [3.63, 3.8) is 0 Å². The van der Waals surface area contributed by atoms with Gasteiger partial charge in [0, 0.05) is 13.1 Å². The highest BCUT2D eigenvalue weighted by Gasteiger charge is 2.07. The molecule has 120 valence electrons. The minimum atomic E-state index is 0.406. The van der Waals surface area contributed by atoms with Crippen LogP contribution in [0.3, 0.4) is 0 Å². The van der Waals surface area contributed by atoms with E-state index >= 15 is 0 Å². The van der Waals surface area contributed by atoms with Gasteiger partial charge in [-0.05, 0) is 51.5 Å². The molecule has 1 aromatic heterocycles. The van der Waals surface area contributed by atoms with Gasteiger partial charge in [0.05, 0.1) is 12.8 Å². The van der Waals surface area contributed by atoms with Crippen molar-refractivity contribution in [3.8, 4) is 0 Å². The summed E-state index contributed by atoms with van der Waals surface area (Å²) in [6.07, 6.45) is 4.02. The van der Waals surface area contributed by atoms with Crippen molar-refractivity contribution in [2.24, 2.45) is 4.99 Å². The predicted octanol–water partition coefficient (Wildman–Crippen LogP) is 2.46. The van der Waals surface area contributed by atoms with Crippen molar-refractivity contribution in [2.45, 2.75) is 46.2 Å². The maximum absolute atomic E-state index is 5.30. The maximum Gasteiger partial charge on any atom is 0.191 e. The maximum atomic E-state index is 5.30. The molecule has 0 saturated heterocycles. The third-order valence-electron chi connectivity index (χ3n) is 3.62. The van der Waals surface area contributed by atoms with Gasteiger partial charge in [0.25, 0.3) is 0 Å². The zero-order valence-electron chi connectivity index (χ0n) is 13.9. The largest absolute Gasteiger partial charge is 0.467 e. The lowest BCUT2D eigenvalue weighted by Gasteiger charge is -2.21. The number of guanidine groups is 1. The molecule has 0 amide bonds. The first-order chi connectivity index (χ1) is 10.2. The molecule has 1 unspecified atom stereocenters. The van der Waals surface area contributed by atoms with Crippen LogP contribution in [0.15, 0.2) is 27.8 Å². The van der Waals surface area contributed by atoms with Gasteiger partial charge in [-0.1, -0.05) is 13.8 Å². The topological polar surface area (TPSA) is 52.8 Å². The molecule has 0 bridgehead atoms. The Kier molecular flexibility index (Phi) is 8.59. The second-order valence-corrected chi connectivity index (χ2v) is 5.22. The molecule has 1 atom stereocenters. The molecule has 5 heteroatoms. The summed E-state index contributed by atoms with van der Waals surface area (Å²) in [5.41, 5.74) is 0. The highest BCUT2D eigenvalue weighted by atomic mass is 16.3. The standard InChI is InChI=1S/C16H30N4O/c1-5-20(6-2)11-7-9-14(3)19-16(17-4)18-13-15-10-8-12-21-15/h8,10,12,14H,5-7,9,11,13H2,1-4H3,(H2,17,18,19). The fourth-order valence-electron chi connectivity index (χ4n) is 2.25. The average Bonchev–Trinajstić information content (AvgIpc) is 3.01. The van der Waals surface area contributed by atoms with Gasteiger partial charge >= 0.3 is 0 Å². The molecule has 5 nitrogen and oxygen atoms in total. The van der Waals surface area contributed by atoms with Crippen LogP contribution in [0.2, 0.25) is 0 Å². The Morgan fingerprint density at radius 3 is 2.71 bits per heavy atom. The Hall–Kier alpha value is -1.49. The van der Waals surface area contributed by atoms with E-state index in [0.29, 0.717) is 12.6 Å². The number of hydrogen-bond donors (Lipinski definition) is 2. The van der Waals surface area contributed by atoms with E-state index in [0.717, 1.165) is 37.8 Å². The molecule has 1 rings (SSSR count). The third-order valence-corrected chi connectivity index (χ3v) is 3.62. The number of rotatable bonds is 9. The molecule has 0 saturated carbocycles. The van der Waals surface area contributed by atoms with E-state index < -0.39 is 0 Å². The SMILES string of the molecule is CCN(CC)CCCC(C)NC(=NC)NCc1ccco1. The van der Waals surface area contributed by atoms with Crippen LogP contribution in [0.1, 0.15) is 39.4 Å². The van der Waals surface area contributed by atoms with Gasteiger partial charge in [0.15, 0.2) is 5.96 Å². The van der Waals surface area contributed by atoms with E-state index in [2.05, 4.69) is 41.3 Å². The quantitative estimate of drug-likeness (QED) is 0.542. The smallest absolute Gasteiger partial charge is 0.191 e. The Bertz CT molecular complexity index is 385. The lowest BCUT2D eigenvalue weighted by molar-refractivity contribution is 0.292. The molecular weight excluding hydrogens is 264 g/mol. The summed E-state index contributed by atoms with van der Waals surface area (Å²) in [5.74, 6) is 1.73. The minimum Gasteiger partial charge on any atom is -0.467 e. The van der Waals surface area contributed by atoms with Gasteiger partial charge in [0.2, 0.25) is 0 Å². The predicted molar refractivity (Wildman–Crippen MR) is 88.5 cm³/mol. The lowest BCUT2D eigenvalue weighted by atomic mass is 10.2. The molecule has 1 aromatic rings. The molecule has 0 aliphatic rings. The van der Waals surface area contributed by atoms with Crippen LogP contribution in [-0.4, -0.2) is 43.6 Å². The number of aliphatic imine (C=N–C) groups is 1. The highest BCUT2D eigenvalue weighted by molar-refractivity contribution is 5.79. The Balaban J connectivity index is 2.22. The molecule has 21 heavy (non-hydrogen) atoms. The molecule has 0 spiro atoms. The average molecular weight is 294 g/mol. The van der Waals surface area contributed by atoms with E-state index in [1.165, 1.54) is 6.42 Å². The molecule has 2 N–H and O–H groups in total. The summed E-state index contributed by atoms with van der Waals surface area (Å²) in [6.45, 7) is 10.7. The van der Waals surface area contributed by atoms with E-state index in [9.17, 15) is 0 Å². The molecule has 0 fully saturated rings. The summed E-state index contributed by atoms with van der Waals surface area (Å²) in [4.78, 5) is 6.70. The van der Waals surface area contributed by atoms with Crippen LogP contribution >= 0.6 is 0 Å². The second-order valence-electron chi connectivity index (χ2n) is 5.22. The Labute approximate surface area is 128 Å². The zero-order chi connectivity index (χ0) is 15.5. The van der Waals surface area contributed by atoms with Gasteiger partial charge < -0.3 is 20.0 Å². The number of hydrogen-bond acceptors (Lipinski definition) is 3. The van der Waals surface area contributed by atoms with E-state index in [1.54, 1.807) is 13.3 Å². The van der Waals surface area contributed by atoms with Crippen molar-refractivity contribution in [3.05, 3.63) is 24.2 Å². The van der Waals surface area contributed by atoms with E-state index in [-0.39, 0.29) is 0 Å². The van der Waals surface area contributed by atoms with Crippen molar-refractivity contribution in [2.75, 3.05) is 26.7 Å². The van der Waals surface area contributed by atoms with Crippen molar-refractivity contribution >= 4 is 5.96 Å². The van der Waals surface area contributed by atoms with E-state index in [1.807, 2.05) is 12.1 Å². The van der Waals surface area contributed by atoms with Crippen molar-refractivity contribution < 1.29 is 4.42 Å². The molecule has 0 aromatic carbocycles. The highest BCUT2D eigenvalue weighted by Crippen LogP contribution is 2.01. The first-order valence-electron chi connectivity index (χ1n) is 7.91. The van der Waals surface area contributed by atoms with Crippen LogP contribution in [0, 0.1) is 0 Å². The lowest BCUT2D eigenvalue weighted by Crippen LogP contribution is -2.42. The number of nitrogens with one attached hydrogen (secondary N) is 2. The molecular formula is C16H30N4O. The fraction of sp³-hybridized carbons (Fsp3) is 0.688. The van der Waals surface area contributed by atoms with Gasteiger partial charge in [-0.3, -0.25) is 4.99 Å². The normalized spacial score (nSPS) is 13.5. The van der Waals surface area contributed by atoms with Crippen LogP contribution in [-0.2, 0) is 6.54 Å². The Morgan fingerprint density at radius 2 is 2.14 bits per heavy atom. The van der Waals surface area contributed by atoms with Gasteiger partial charge in [-0.15, -0.1) is 0 Å². The molecule has 0 radical (unpaired) electrons. The van der Waals surface area contributed by atoms with Crippen LogP contribution < -0.4 is 10.6 Å². The van der Waals surface area contributed by atoms with Crippen molar-refractivity contribution in [1.29, 1.82) is 0 Å². The summed E-state index contributed by atoms with van der Waals surface area (Å²) < 4.78 is 5.30. The van der Waals surface area contributed by atoms with Gasteiger partial charge in [0.1, 0.15) is 5.76 Å². The molecule has 0 aliphatic heterocycles. The molecule has 0 aliphatic carbocycles. The van der Waals surface area contributed by atoms with Gasteiger partial charge in [-0.2, -0.15) is 0 Å². The van der Waals surface area contributed by atoms with Crippen LogP contribution in [0.4, 0.5) is 0 Å². The van der Waals surface area contributed by atoms with Crippen LogP contribution in [0.5, 0.6) is 0 Å². The zero-order valence-corrected chi connectivity index (χ0v) is 13.9. The number of furan rings is 1. The van der Waals surface area contributed by atoms with Crippen molar-refractivity contribution in [1.82, 2.24) is 15.5 Å². The first-order valence-corrected chi connectivity index (χ1v) is 7.91.